The van der Waals surface area contributed by atoms with Gasteiger partial charge in [0.05, 0.1) is 18.4 Å². The maximum absolute atomic E-state index is 8.95. The van der Waals surface area contributed by atoms with Gasteiger partial charge in [-0.05, 0) is 19.3 Å². The van der Waals surface area contributed by atoms with Gasteiger partial charge in [0.2, 0.25) is 5.95 Å². The molecular weight excluding hydrogens is 254 g/mol. The number of rotatable bonds is 2. The van der Waals surface area contributed by atoms with E-state index in [1.165, 1.54) is 0 Å². The van der Waals surface area contributed by atoms with Gasteiger partial charge in [-0.1, -0.05) is 0 Å². The van der Waals surface area contributed by atoms with Crippen LogP contribution < -0.4 is 10.6 Å². The Bertz CT molecular complexity index is 513. The van der Waals surface area contributed by atoms with Crippen LogP contribution in [0.2, 0.25) is 0 Å². The first-order valence-electron chi connectivity index (χ1n) is 7.13. The molecule has 1 aromatic rings. The summed E-state index contributed by atoms with van der Waals surface area (Å²) >= 11 is 0. The molecule has 20 heavy (non-hydrogen) atoms. The van der Waals surface area contributed by atoms with Crippen molar-refractivity contribution in [1.29, 1.82) is 5.26 Å². The molecule has 0 aromatic carbocycles. The predicted molar refractivity (Wildman–Crippen MR) is 75.2 cm³/mol. The van der Waals surface area contributed by atoms with Crippen LogP contribution in [0.4, 0.5) is 11.8 Å². The van der Waals surface area contributed by atoms with Gasteiger partial charge in [0.15, 0.2) is 0 Å². The lowest BCUT2D eigenvalue weighted by Crippen LogP contribution is -2.34. The molecule has 1 atom stereocenters. The number of hydrogen-bond acceptors (Lipinski definition) is 6. The van der Waals surface area contributed by atoms with Crippen molar-refractivity contribution in [2.24, 2.45) is 5.92 Å². The lowest BCUT2D eigenvalue weighted by molar-refractivity contribution is 0.193. The van der Waals surface area contributed by atoms with Crippen molar-refractivity contribution in [1.82, 2.24) is 9.97 Å². The van der Waals surface area contributed by atoms with E-state index in [4.69, 9.17) is 15.7 Å². The van der Waals surface area contributed by atoms with Crippen LogP contribution in [0.15, 0.2) is 6.07 Å². The van der Waals surface area contributed by atoms with Crippen molar-refractivity contribution in [2.45, 2.75) is 25.2 Å². The second kappa shape index (κ2) is 5.63. The van der Waals surface area contributed by atoms with E-state index in [1.807, 2.05) is 6.07 Å². The Labute approximate surface area is 118 Å². The van der Waals surface area contributed by atoms with E-state index in [0.717, 1.165) is 50.5 Å². The van der Waals surface area contributed by atoms with Gasteiger partial charge >= 0.3 is 0 Å². The highest BCUT2D eigenvalue weighted by Gasteiger charge is 2.24. The third-order valence-corrected chi connectivity index (χ3v) is 4.10. The Balaban J connectivity index is 1.78. The summed E-state index contributed by atoms with van der Waals surface area (Å²) in [7, 11) is 0. The number of hydrogen-bond donors (Lipinski definition) is 1. The van der Waals surface area contributed by atoms with E-state index in [0.29, 0.717) is 18.5 Å². The molecule has 0 saturated carbocycles. The normalized spacial score (nSPS) is 23.8. The van der Waals surface area contributed by atoms with Crippen LogP contribution in [-0.2, 0) is 4.74 Å². The lowest BCUT2D eigenvalue weighted by Gasteiger charge is -2.30. The van der Waals surface area contributed by atoms with Crippen molar-refractivity contribution in [3.8, 4) is 6.07 Å². The van der Waals surface area contributed by atoms with Gasteiger partial charge in [-0.15, -0.1) is 0 Å². The molecule has 2 fully saturated rings. The molecule has 6 nitrogen and oxygen atoms in total. The molecule has 1 aromatic heterocycles. The fraction of sp³-hybridized carbons (Fsp3) is 0.643. The molecule has 3 heterocycles. The highest BCUT2D eigenvalue weighted by atomic mass is 16.5. The van der Waals surface area contributed by atoms with Crippen molar-refractivity contribution in [2.75, 3.05) is 36.9 Å². The predicted octanol–water partition coefficient (Wildman–Crippen LogP) is 1.30. The van der Waals surface area contributed by atoms with E-state index in [2.05, 4.69) is 20.9 Å². The summed E-state index contributed by atoms with van der Waals surface area (Å²) in [5.41, 5.74) is 6.82. The summed E-state index contributed by atoms with van der Waals surface area (Å²) in [6.45, 7) is 3.22. The molecule has 0 unspecified atom stereocenters. The summed E-state index contributed by atoms with van der Waals surface area (Å²) in [5.74, 6) is 1.71. The van der Waals surface area contributed by atoms with E-state index in [9.17, 15) is 0 Å². The van der Waals surface area contributed by atoms with Gasteiger partial charge in [0.1, 0.15) is 5.82 Å². The number of ether oxygens (including phenoxy) is 1. The van der Waals surface area contributed by atoms with Crippen LogP contribution in [0.5, 0.6) is 0 Å². The molecule has 3 rings (SSSR count). The summed E-state index contributed by atoms with van der Waals surface area (Å²) in [6.07, 6.45) is 2.77. The van der Waals surface area contributed by atoms with Crippen molar-refractivity contribution in [3.05, 3.63) is 11.8 Å². The van der Waals surface area contributed by atoms with E-state index < -0.39 is 0 Å². The van der Waals surface area contributed by atoms with Crippen LogP contribution >= 0.6 is 0 Å². The quantitative estimate of drug-likeness (QED) is 0.873. The smallest absolute Gasteiger partial charge is 0.222 e. The molecule has 0 bridgehead atoms. The second-order valence-corrected chi connectivity index (χ2v) is 5.46. The maximum Gasteiger partial charge on any atom is 0.222 e. The molecule has 2 aliphatic heterocycles. The molecular formula is C14H19N5O. The second-order valence-electron chi connectivity index (χ2n) is 5.46. The Morgan fingerprint density at radius 3 is 2.75 bits per heavy atom. The third kappa shape index (κ3) is 2.68. The average molecular weight is 273 g/mol. The van der Waals surface area contributed by atoms with Gasteiger partial charge in [0, 0.05) is 37.6 Å². The van der Waals surface area contributed by atoms with Gasteiger partial charge in [-0.25, -0.2) is 4.98 Å². The van der Waals surface area contributed by atoms with Gasteiger partial charge in [-0.2, -0.15) is 10.2 Å². The zero-order valence-corrected chi connectivity index (χ0v) is 11.5. The van der Waals surface area contributed by atoms with E-state index >= 15 is 0 Å². The van der Waals surface area contributed by atoms with Gasteiger partial charge in [-0.3, -0.25) is 0 Å². The van der Waals surface area contributed by atoms with E-state index in [-0.39, 0.29) is 5.92 Å². The maximum atomic E-state index is 8.95. The number of nitrogen functional groups attached to an aromatic ring is 1. The fourth-order valence-electron chi connectivity index (χ4n) is 2.85. The number of piperidine rings is 1. The molecule has 2 aliphatic rings. The first kappa shape index (κ1) is 13.1. The molecule has 2 N–H and O–H groups in total. The SMILES string of the molecule is N#CC1CCN(c2cc([C@@H]3CCOC3)nc(N)n2)CC1. The minimum absolute atomic E-state index is 0.174. The van der Waals surface area contributed by atoms with E-state index in [1.54, 1.807) is 0 Å². The first-order valence-corrected chi connectivity index (χ1v) is 7.13. The Morgan fingerprint density at radius 2 is 2.10 bits per heavy atom. The summed E-state index contributed by atoms with van der Waals surface area (Å²) in [6, 6.07) is 4.37. The van der Waals surface area contributed by atoms with Gasteiger partial charge < -0.3 is 15.4 Å². The standard InChI is InChI=1S/C14H19N5O/c15-8-10-1-4-19(5-2-10)13-7-12(17-14(16)18-13)11-3-6-20-9-11/h7,10-11H,1-6,9H2,(H2,16,17,18)/t11-/m1/s1. The molecule has 106 valence electrons. The molecule has 0 aliphatic carbocycles. The van der Waals surface area contributed by atoms with Crippen molar-refractivity contribution in [3.63, 3.8) is 0 Å². The fourth-order valence-corrected chi connectivity index (χ4v) is 2.85. The highest BCUT2D eigenvalue weighted by Crippen LogP contribution is 2.28. The first-order chi connectivity index (χ1) is 9.76. The number of anilines is 2. The van der Waals surface area contributed by atoms with Crippen LogP contribution in [0.3, 0.4) is 0 Å². The molecule has 0 spiro atoms. The van der Waals surface area contributed by atoms with Crippen LogP contribution in [0.1, 0.15) is 30.9 Å². The molecule has 6 heteroatoms. The Hall–Kier alpha value is -1.87. The minimum Gasteiger partial charge on any atom is -0.381 e. The number of nitrogens with zero attached hydrogens (tertiary/aromatic N) is 4. The molecule has 0 radical (unpaired) electrons. The Kier molecular flexibility index (Phi) is 3.70. The minimum atomic E-state index is 0.174. The lowest BCUT2D eigenvalue weighted by atomic mass is 9.98. The van der Waals surface area contributed by atoms with Crippen LogP contribution in [0.25, 0.3) is 0 Å². The number of aromatic nitrogens is 2. The summed E-state index contributed by atoms with van der Waals surface area (Å²) in [5, 5.41) is 8.95. The highest BCUT2D eigenvalue weighted by molar-refractivity contribution is 5.45. The molecule has 0 amide bonds. The van der Waals surface area contributed by atoms with Crippen molar-refractivity contribution >= 4 is 11.8 Å². The topological polar surface area (TPSA) is 88.1 Å². The largest absolute Gasteiger partial charge is 0.381 e. The van der Waals surface area contributed by atoms with Gasteiger partial charge in [0.25, 0.3) is 0 Å². The summed E-state index contributed by atoms with van der Waals surface area (Å²) < 4.78 is 5.41. The van der Waals surface area contributed by atoms with Crippen molar-refractivity contribution < 1.29 is 4.74 Å². The Morgan fingerprint density at radius 1 is 1.30 bits per heavy atom. The third-order valence-electron chi connectivity index (χ3n) is 4.10. The zero-order valence-electron chi connectivity index (χ0n) is 11.5. The number of nitrogens with two attached hydrogens (primary N) is 1. The van der Waals surface area contributed by atoms with Crippen LogP contribution in [-0.4, -0.2) is 36.3 Å². The van der Waals surface area contributed by atoms with Crippen LogP contribution in [0, 0.1) is 17.2 Å². The zero-order chi connectivity index (χ0) is 13.9. The average Bonchev–Trinajstić information content (AvgIpc) is 3.01. The number of nitriles is 1. The molecule has 2 saturated heterocycles. The summed E-state index contributed by atoms with van der Waals surface area (Å²) in [4.78, 5) is 10.9. The monoisotopic (exact) mass is 273 g/mol.